The fraction of sp³-hybridized carbons (Fsp3) is 1.00. The Bertz CT molecular complexity index is 217. The molecule has 94 valence electrons. The van der Waals surface area contributed by atoms with E-state index in [-0.39, 0.29) is 0 Å². The number of nitrogens with zero attached hydrogens (tertiary/aromatic N) is 1. The van der Waals surface area contributed by atoms with Crippen LogP contribution in [0.5, 0.6) is 0 Å². The molecule has 0 spiro atoms. The van der Waals surface area contributed by atoms with Gasteiger partial charge in [-0.25, -0.2) is 0 Å². The highest BCUT2D eigenvalue weighted by molar-refractivity contribution is 4.88. The van der Waals surface area contributed by atoms with Gasteiger partial charge in [-0.15, -0.1) is 0 Å². The molecule has 1 aliphatic carbocycles. The summed E-state index contributed by atoms with van der Waals surface area (Å²) in [5, 5.41) is 3.33. The Morgan fingerprint density at radius 1 is 1.19 bits per heavy atom. The third kappa shape index (κ3) is 2.78. The molecule has 0 radical (unpaired) electrons. The van der Waals surface area contributed by atoms with E-state index in [1.165, 1.54) is 45.3 Å². The van der Waals surface area contributed by atoms with E-state index in [0.29, 0.717) is 0 Å². The van der Waals surface area contributed by atoms with Crippen LogP contribution in [0.4, 0.5) is 0 Å². The predicted molar refractivity (Wildman–Crippen MR) is 69.6 cm³/mol. The highest BCUT2D eigenvalue weighted by atomic mass is 15.2. The first-order chi connectivity index (χ1) is 7.70. The van der Waals surface area contributed by atoms with Gasteiger partial charge in [0, 0.05) is 12.6 Å². The second kappa shape index (κ2) is 5.50. The molecule has 4 unspecified atom stereocenters. The SMILES string of the molecule is CNCC1CCN(C2CC(C)CCC2C)C1. The quantitative estimate of drug-likeness (QED) is 0.791. The Kier molecular flexibility index (Phi) is 4.26. The van der Waals surface area contributed by atoms with Crippen LogP contribution < -0.4 is 5.32 Å². The van der Waals surface area contributed by atoms with Gasteiger partial charge in [-0.2, -0.15) is 0 Å². The molecule has 1 N–H and O–H groups in total. The van der Waals surface area contributed by atoms with E-state index in [1.807, 2.05) is 0 Å². The van der Waals surface area contributed by atoms with Gasteiger partial charge < -0.3 is 5.32 Å². The van der Waals surface area contributed by atoms with Crippen LogP contribution >= 0.6 is 0 Å². The van der Waals surface area contributed by atoms with Crippen molar-refractivity contribution in [3.8, 4) is 0 Å². The van der Waals surface area contributed by atoms with Crippen molar-refractivity contribution in [2.24, 2.45) is 17.8 Å². The molecule has 1 heterocycles. The summed E-state index contributed by atoms with van der Waals surface area (Å²) in [6.45, 7) is 8.77. The zero-order valence-corrected chi connectivity index (χ0v) is 11.2. The molecule has 1 saturated heterocycles. The Morgan fingerprint density at radius 3 is 2.75 bits per heavy atom. The number of nitrogens with one attached hydrogen (secondary N) is 1. The lowest BCUT2D eigenvalue weighted by Crippen LogP contribution is -2.42. The van der Waals surface area contributed by atoms with E-state index < -0.39 is 0 Å². The van der Waals surface area contributed by atoms with Crippen LogP contribution in [0.15, 0.2) is 0 Å². The molecular formula is C14H28N2. The van der Waals surface area contributed by atoms with Crippen molar-refractivity contribution in [1.82, 2.24) is 10.2 Å². The fourth-order valence-electron chi connectivity index (χ4n) is 3.63. The summed E-state index contributed by atoms with van der Waals surface area (Å²) in [7, 11) is 2.08. The standard InChI is InChI=1S/C14H28N2/c1-11-4-5-12(2)14(8-11)16-7-6-13(10-16)9-15-3/h11-15H,4-10H2,1-3H3. The summed E-state index contributed by atoms with van der Waals surface area (Å²) in [6, 6.07) is 0.880. The van der Waals surface area contributed by atoms with Crippen LogP contribution in [-0.4, -0.2) is 37.6 Å². The van der Waals surface area contributed by atoms with Crippen LogP contribution in [-0.2, 0) is 0 Å². The third-order valence-electron chi connectivity index (χ3n) is 4.69. The van der Waals surface area contributed by atoms with E-state index in [0.717, 1.165) is 23.8 Å². The first kappa shape index (κ1) is 12.4. The van der Waals surface area contributed by atoms with Gasteiger partial charge in [0.1, 0.15) is 0 Å². The van der Waals surface area contributed by atoms with Crippen molar-refractivity contribution < 1.29 is 0 Å². The van der Waals surface area contributed by atoms with Crippen molar-refractivity contribution in [2.75, 3.05) is 26.7 Å². The van der Waals surface area contributed by atoms with Crippen molar-refractivity contribution in [3.05, 3.63) is 0 Å². The van der Waals surface area contributed by atoms with E-state index in [2.05, 4.69) is 31.1 Å². The summed E-state index contributed by atoms with van der Waals surface area (Å²) >= 11 is 0. The van der Waals surface area contributed by atoms with Gasteiger partial charge in [0.05, 0.1) is 0 Å². The van der Waals surface area contributed by atoms with Crippen LogP contribution in [0.25, 0.3) is 0 Å². The minimum Gasteiger partial charge on any atom is -0.319 e. The average molecular weight is 224 g/mol. The predicted octanol–water partition coefficient (Wildman–Crippen LogP) is 2.35. The monoisotopic (exact) mass is 224 g/mol. The number of rotatable bonds is 3. The average Bonchev–Trinajstić information content (AvgIpc) is 2.71. The molecule has 0 amide bonds. The molecule has 2 aliphatic rings. The zero-order valence-electron chi connectivity index (χ0n) is 11.2. The Balaban J connectivity index is 1.87. The molecule has 2 rings (SSSR count). The molecule has 1 aliphatic heterocycles. The van der Waals surface area contributed by atoms with Crippen molar-refractivity contribution in [3.63, 3.8) is 0 Å². The molecule has 0 bridgehead atoms. The number of hydrogen-bond donors (Lipinski definition) is 1. The summed E-state index contributed by atoms with van der Waals surface area (Å²) in [4.78, 5) is 2.78. The van der Waals surface area contributed by atoms with Crippen LogP contribution in [0.2, 0.25) is 0 Å². The maximum atomic E-state index is 3.33. The lowest BCUT2D eigenvalue weighted by Gasteiger charge is -2.39. The Hall–Kier alpha value is -0.0800. The van der Waals surface area contributed by atoms with E-state index >= 15 is 0 Å². The molecule has 2 heteroatoms. The second-order valence-corrected chi connectivity index (χ2v) is 6.17. The molecule has 4 atom stereocenters. The van der Waals surface area contributed by atoms with E-state index in [1.54, 1.807) is 0 Å². The van der Waals surface area contributed by atoms with Crippen LogP contribution in [0.1, 0.15) is 39.5 Å². The molecule has 2 fully saturated rings. The lowest BCUT2D eigenvalue weighted by molar-refractivity contribution is 0.109. The zero-order chi connectivity index (χ0) is 11.5. The highest BCUT2D eigenvalue weighted by Gasteiger charge is 2.34. The number of hydrogen-bond acceptors (Lipinski definition) is 2. The van der Waals surface area contributed by atoms with Gasteiger partial charge in [-0.05, 0) is 57.2 Å². The highest BCUT2D eigenvalue weighted by Crippen LogP contribution is 2.34. The molecule has 16 heavy (non-hydrogen) atoms. The molecule has 1 saturated carbocycles. The molecule has 0 aromatic heterocycles. The fourth-order valence-corrected chi connectivity index (χ4v) is 3.63. The summed E-state index contributed by atoms with van der Waals surface area (Å²) < 4.78 is 0. The maximum absolute atomic E-state index is 3.33. The first-order valence-corrected chi connectivity index (χ1v) is 7.09. The first-order valence-electron chi connectivity index (χ1n) is 7.09. The number of likely N-dealkylation sites (tertiary alicyclic amines) is 1. The third-order valence-corrected chi connectivity index (χ3v) is 4.69. The van der Waals surface area contributed by atoms with Gasteiger partial charge >= 0.3 is 0 Å². The molecule has 2 nitrogen and oxygen atoms in total. The summed E-state index contributed by atoms with van der Waals surface area (Å²) in [5.74, 6) is 2.77. The molecule has 0 aromatic carbocycles. The largest absolute Gasteiger partial charge is 0.319 e. The molecular weight excluding hydrogens is 196 g/mol. The van der Waals surface area contributed by atoms with Gasteiger partial charge in [-0.1, -0.05) is 20.3 Å². The molecule has 0 aromatic rings. The second-order valence-electron chi connectivity index (χ2n) is 6.17. The minimum atomic E-state index is 0.880. The van der Waals surface area contributed by atoms with Gasteiger partial charge in [0.15, 0.2) is 0 Å². The Labute approximate surface area is 101 Å². The van der Waals surface area contributed by atoms with Crippen LogP contribution in [0, 0.1) is 17.8 Å². The van der Waals surface area contributed by atoms with E-state index in [4.69, 9.17) is 0 Å². The van der Waals surface area contributed by atoms with Crippen molar-refractivity contribution in [1.29, 1.82) is 0 Å². The lowest BCUT2D eigenvalue weighted by atomic mass is 9.79. The topological polar surface area (TPSA) is 15.3 Å². The normalized spacial score (nSPS) is 41.4. The van der Waals surface area contributed by atoms with Gasteiger partial charge in [-0.3, -0.25) is 4.90 Å². The van der Waals surface area contributed by atoms with Gasteiger partial charge in [0.25, 0.3) is 0 Å². The smallest absolute Gasteiger partial charge is 0.0123 e. The van der Waals surface area contributed by atoms with Crippen molar-refractivity contribution in [2.45, 2.75) is 45.6 Å². The van der Waals surface area contributed by atoms with Crippen LogP contribution in [0.3, 0.4) is 0 Å². The summed E-state index contributed by atoms with van der Waals surface area (Å²) in [5.41, 5.74) is 0. The maximum Gasteiger partial charge on any atom is 0.0123 e. The van der Waals surface area contributed by atoms with E-state index in [9.17, 15) is 0 Å². The Morgan fingerprint density at radius 2 is 2.00 bits per heavy atom. The van der Waals surface area contributed by atoms with Gasteiger partial charge in [0.2, 0.25) is 0 Å². The van der Waals surface area contributed by atoms with Crippen molar-refractivity contribution >= 4 is 0 Å². The minimum absolute atomic E-state index is 0.880. The summed E-state index contributed by atoms with van der Waals surface area (Å²) in [6.07, 6.45) is 5.73.